The number of benzene rings is 2. The second-order valence-corrected chi connectivity index (χ2v) is 8.02. The lowest BCUT2D eigenvalue weighted by molar-refractivity contribution is -0.137. The van der Waals surface area contributed by atoms with Crippen molar-refractivity contribution in [1.29, 1.82) is 0 Å². The van der Waals surface area contributed by atoms with E-state index in [1.807, 2.05) is 6.07 Å². The SMILES string of the molecule is FC(F)(F)c1cccc(CN=C2Nc3ccccc3CC23CCCCCC3)c1. The minimum atomic E-state index is -4.33. The van der Waals surface area contributed by atoms with Crippen molar-refractivity contribution in [3.8, 4) is 0 Å². The highest BCUT2D eigenvalue weighted by Crippen LogP contribution is 2.44. The highest BCUT2D eigenvalue weighted by atomic mass is 19.4. The Bertz CT molecular complexity index is 862. The molecule has 1 aliphatic carbocycles. The van der Waals surface area contributed by atoms with E-state index in [4.69, 9.17) is 4.99 Å². The Morgan fingerprint density at radius 1 is 0.929 bits per heavy atom. The summed E-state index contributed by atoms with van der Waals surface area (Å²) in [5.74, 6) is 0.950. The van der Waals surface area contributed by atoms with E-state index in [0.29, 0.717) is 5.56 Å². The van der Waals surface area contributed by atoms with Crippen molar-refractivity contribution in [2.24, 2.45) is 10.4 Å². The molecule has 1 N–H and O–H groups in total. The number of aliphatic imine (C=N–C) groups is 1. The normalized spacial score (nSPS) is 20.5. The molecule has 2 aromatic carbocycles. The van der Waals surface area contributed by atoms with Crippen LogP contribution in [-0.2, 0) is 19.1 Å². The quantitative estimate of drug-likeness (QED) is 0.617. The molecule has 1 fully saturated rings. The van der Waals surface area contributed by atoms with Gasteiger partial charge in [-0.25, -0.2) is 0 Å². The summed E-state index contributed by atoms with van der Waals surface area (Å²) in [6.45, 7) is 0.260. The smallest absolute Gasteiger partial charge is 0.343 e. The molecule has 0 radical (unpaired) electrons. The molecule has 4 rings (SSSR count). The van der Waals surface area contributed by atoms with Gasteiger partial charge in [0.15, 0.2) is 0 Å². The number of hydrogen-bond donors (Lipinski definition) is 1. The Morgan fingerprint density at radius 3 is 2.43 bits per heavy atom. The number of fused-ring (bicyclic) bond motifs is 1. The lowest BCUT2D eigenvalue weighted by atomic mass is 9.72. The van der Waals surface area contributed by atoms with Gasteiger partial charge in [-0.2, -0.15) is 13.2 Å². The molecule has 148 valence electrons. The summed E-state index contributed by atoms with van der Waals surface area (Å²) < 4.78 is 39.0. The zero-order valence-electron chi connectivity index (χ0n) is 15.9. The Morgan fingerprint density at radius 2 is 1.68 bits per heavy atom. The number of alkyl halides is 3. The summed E-state index contributed by atoms with van der Waals surface area (Å²) in [6, 6.07) is 13.8. The van der Waals surface area contributed by atoms with Gasteiger partial charge in [-0.15, -0.1) is 0 Å². The predicted molar refractivity (Wildman–Crippen MR) is 106 cm³/mol. The number of para-hydroxylation sites is 1. The summed E-state index contributed by atoms with van der Waals surface area (Å²) >= 11 is 0. The molecule has 2 nitrogen and oxygen atoms in total. The van der Waals surface area contributed by atoms with Crippen LogP contribution < -0.4 is 5.32 Å². The number of hydrogen-bond acceptors (Lipinski definition) is 1. The number of rotatable bonds is 2. The van der Waals surface area contributed by atoms with Crippen LogP contribution in [0.3, 0.4) is 0 Å². The number of amidine groups is 1. The van der Waals surface area contributed by atoms with E-state index in [9.17, 15) is 13.2 Å². The highest BCUT2D eigenvalue weighted by Gasteiger charge is 2.40. The highest BCUT2D eigenvalue weighted by molar-refractivity contribution is 6.02. The molecule has 5 heteroatoms. The summed E-state index contributed by atoms with van der Waals surface area (Å²) in [5.41, 5.74) is 2.33. The number of anilines is 1. The molecule has 0 unspecified atom stereocenters. The van der Waals surface area contributed by atoms with Crippen molar-refractivity contribution in [2.75, 3.05) is 5.32 Å². The minimum Gasteiger partial charge on any atom is -0.343 e. The van der Waals surface area contributed by atoms with Crippen LogP contribution in [0.25, 0.3) is 0 Å². The van der Waals surface area contributed by atoms with Gasteiger partial charge < -0.3 is 5.32 Å². The molecule has 0 aromatic heterocycles. The summed E-state index contributed by atoms with van der Waals surface area (Å²) in [7, 11) is 0. The second kappa shape index (κ2) is 7.61. The molecule has 1 heterocycles. The van der Waals surface area contributed by atoms with Gasteiger partial charge in [0.25, 0.3) is 0 Å². The summed E-state index contributed by atoms with van der Waals surface area (Å²) in [5, 5.41) is 3.53. The third-order valence-electron chi connectivity index (χ3n) is 6.04. The Labute approximate surface area is 163 Å². The first-order valence-corrected chi connectivity index (χ1v) is 10.0. The van der Waals surface area contributed by atoms with Gasteiger partial charge in [-0.3, -0.25) is 4.99 Å². The van der Waals surface area contributed by atoms with E-state index < -0.39 is 11.7 Å². The fraction of sp³-hybridized carbons (Fsp3) is 0.435. The number of halogens is 3. The van der Waals surface area contributed by atoms with Crippen LogP contribution in [0.4, 0.5) is 18.9 Å². The van der Waals surface area contributed by atoms with E-state index in [1.54, 1.807) is 6.07 Å². The zero-order valence-corrected chi connectivity index (χ0v) is 15.9. The van der Waals surface area contributed by atoms with E-state index in [1.165, 1.54) is 43.4 Å². The van der Waals surface area contributed by atoms with Crippen LogP contribution >= 0.6 is 0 Å². The first-order chi connectivity index (χ1) is 13.5. The van der Waals surface area contributed by atoms with Gasteiger partial charge in [0.05, 0.1) is 12.1 Å². The van der Waals surface area contributed by atoms with Crippen molar-refractivity contribution in [1.82, 2.24) is 0 Å². The van der Waals surface area contributed by atoms with E-state index in [-0.39, 0.29) is 12.0 Å². The van der Waals surface area contributed by atoms with Crippen molar-refractivity contribution >= 4 is 11.5 Å². The Hall–Kier alpha value is -2.30. The fourth-order valence-corrected chi connectivity index (χ4v) is 4.55. The van der Waals surface area contributed by atoms with E-state index >= 15 is 0 Å². The van der Waals surface area contributed by atoms with Gasteiger partial charge >= 0.3 is 6.18 Å². The molecule has 0 bridgehead atoms. The van der Waals surface area contributed by atoms with Crippen molar-refractivity contribution < 1.29 is 13.2 Å². The molecule has 2 aliphatic rings. The molecule has 0 saturated heterocycles. The maximum absolute atomic E-state index is 13.0. The van der Waals surface area contributed by atoms with Crippen molar-refractivity contribution in [3.05, 3.63) is 65.2 Å². The van der Waals surface area contributed by atoms with Crippen LogP contribution in [0, 0.1) is 5.41 Å². The topological polar surface area (TPSA) is 24.4 Å². The fourth-order valence-electron chi connectivity index (χ4n) is 4.55. The molecular weight excluding hydrogens is 361 g/mol. The molecule has 0 atom stereocenters. The van der Waals surface area contributed by atoms with Gasteiger partial charge in [0, 0.05) is 11.1 Å². The van der Waals surface area contributed by atoms with Gasteiger partial charge in [-0.05, 0) is 48.6 Å². The molecule has 1 spiro atoms. The lowest BCUT2D eigenvalue weighted by Gasteiger charge is -2.39. The summed E-state index contributed by atoms with van der Waals surface area (Å²) in [4.78, 5) is 4.83. The second-order valence-electron chi connectivity index (χ2n) is 8.02. The predicted octanol–water partition coefficient (Wildman–Crippen LogP) is 6.61. The van der Waals surface area contributed by atoms with Crippen LogP contribution in [0.15, 0.2) is 53.5 Å². The molecule has 0 amide bonds. The van der Waals surface area contributed by atoms with Gasteiger partial charge in [0.1, 0.15) is 5.84 Å². The molecular formula is C23H25F3N2. The molecule has 28 heavy (non-hydrogen) atoms. The largest absolute Gasteiger partial charge is 0.416 e. The van der Waals surface area contributed by atoms with Crippen LogP contribution in [0.2, 0.25) is 0 Å². The monoisotopic (exact) mass is 386 g/mol. The molecule has 1 aliphatic heterocycles. The lowest BCUT2D eigenvalue weighted by Crippen LogP contribution is -2.42. The first-order valence-electron chi connectivity index (χ1n) is 10.0. The van der Waals surface area contributed by atoms with Gasteiger partial charge in [0.2, 0.25) is 0 Å². The first kappa shape index (κ1) is 19.0. The summed E-state index contributed by atoms with van der Waals surface area (Å²) in [6.07, 6.45) is 3.62. The van der Waals surface area contributed by atoms with Crippen LogP contribution in [0.1, 0.15) is 55.2 Å². The Kier molecular flexibility index (Phi) is 5.17. The molecule has 2 aromatic rings. The van der Waals surface area contributed by atoms with Crippen molar-refractivity contribution in [2.45, 2.75) is 57.7 Å². The van der Waals surface area contributed by atoms with Gasteiger partial charge in [-0.1, -0.05) is 56.0 Å². The minimum absolute atomic E-state index is 0.0213. The third-order valence-corrected chi connectivity index (χ3v) is 6.04. The standard InChI is InChI=1S/C23H25F3N2/c24-23(25,26)19-10-7-8-17(14-19)16-27-21-22(12-5-1-2-6-13-22)15-18-9-3-4-11-20(18)28-21/h3-4,7-11,14H,1-2,5-6,12-13,15-16H2,(H,27,28). The number of nitrogens with one attached hydrogen (secondary N) is 1. The average molecular weight is 386 g/mol. The average Bonchev–Trinajstić information content (AvgIpc) is 2.92. The van der Waals surface area contributed by atoms with E-state index in [2.05, 4.69) is 23.5 Å². The maximum atomic E-state index is 13.0. The van der Waals surface area contributed by atoms with Crippen LogP contribution in [0.5, 0.6) is 0 Å². The maximum Gasteiger partial charge on any atom is 0.416 e. The van der Waals surface area contributed by atoms with Crippen LogP contribution in [-0.4, -0.2) is 5.84 Å². The molecule has 1 saturated carbocycles. The Balaban J connectivity index is 1.65. The zero-order chi connectivity index (χ0) is 19.6. The van der Waals surface area contributed by atoms with Crippen molar-refractivity contribution in [3.63, 3.8) is 0 Å². The number of nitrogens with zero attached hydrogens (tertiary/aromatic N) is 1. The van der Waals surface area contributed by atoms with E-state index in [0.717, 1.165) is 36.9 Å². The third kappa shape index (κ3) is 3.94.